The Morgan fingerprint density at radius 3 is 2.22 bits per heavy atom. The second-order valence-corrected chi connectivity index (χ2v) is 5.03. The zero-order valence-corrected chi connectivity index (χ0v) is 11.2. The zero-order valence-electron chi connectivity index (χ0n) is 11.2. The Balaban J connectivity index is 3.87. The van der Waals surface area contributed by atoms with Crippen LogP contribution in [0.1, 0.15) is 27.2 Å². The third-order valence-corrected chi connectivity index (χ3v) is 1.86. The van der Waals surface area contributed by atoms with Crippen molar-refractivity contribution in [3.05, 3.63) is 0 Å². The summed E-state index contributed by atoms with van der Waals surface area (Å²) < 4.78 is 0. The summed E-state index contributed by atoms with van der Waals surface area (Å²) in [6.45, 7) is 5.39. The number of carboxylic acid groups (broad SMARTS) is 1. The van der Waals surface area contributed by atoms with E-state index in [2.05, 4.69) is 10.6 Å². The first kappa shape index (κ1) is 16.2. The Hall–Kier alpha value is -1.79. The summed E-state index contributed by atoms with van der Waals surface area (Å²) in [5.41, 5.74) is -0.304. The standard InChI is InChI=1S/C11H21N3O4/c1-11(2,3)13-8(15)5-6-12-10(18)14(4)7-9(16)17/h5-7H2,1-4H3,(H,12,18)(H,13,15)(H,16,17). The van der Waals surface area contributed by atoms with Gasteiger partial charge in [-0.05, 0) is 20.8 Å². The molecule has 0 rings (SSSR count). The van der Waals surface area contributed by atoms with Crippen LogP contribution in [0.5, 0.6) is 0 Å². The lowest BCUT2D eigenvalue weighted by atomic mass is 10.1. The van der Waals surface area contributed by atoms with E-state index in [0.717, 1.165) is 4.90 Å². The first-order valence-corrected chi connectivity index (χ1v) is 5.63. The van der Waals surface area contributed by atoms with Gasteiger partial charge in [-0.1, -0.05) is 0 Å². The van der Waals surface area contributed by atoms with E-state index < -0.39 is 12.0 Å². The van der Waals surface area contributed by atoms with Crippen molar-refractivity contribution >= 4 is 17.9 Å². The molecule has 0 aromatic carbocycles. The summed E-state index contributed by atoms with van der Waals surface area (Å²) in [5.74, 6) is -1.25. The van der Waals surface area contributed by atoms with Crippen molar-refractivity contribution in [2.45, 2.75) is 32.7 Å². The average Bonchev–Trinajstić information content (AvgIpc) is 2.13. The van der Waals surface area contributed by atoms with Crippen molar-refractivity contribution in [2.24, 2.45) is 0 Å². The minimum atomic E-state index is -1.09. The molecule has 0 aromatic rings. The molecule has 3 amide bonds. The number of rotatable bonds is 5. The highest BCUT2D eigenvalue weighted by molar-refractivity contribution is 5.81. The van der Waals surface area contributed by atoms with Crippen LogP contribution < -0.4 is 10.6 Å². The summed E-state index contributed by atoms with van der Waals surface area (Å²) in [6, 6.07) is -0.513. The van der Waals surface area contributed by atoms with E-state index in [1.165, 1.54) is 7.05 Å². The molecule has 104 valence electrons. The highest BCUT2D eigenvalue weighted by atomic mass is 16.4. The van der Waals surface area contributed by atoms with Gasteiger partial charge in [-0.3, -0.25) is 9.59 Å². The van der Waals surface area contributed by atoms with Crippen molar-refractivity contribution in [3.63, 3.8) is 0 Å². The van der Waals surface area contributed by atoms with E-state index in [4.69, 9.17) is 5.11 Å². The molecule has 0 aliphatic heterocycles. The Kier molecular flexibility index (Phi) is 6.15. The van der Waals surface area contributed by atoms with Gasteiger partial charge in [0.2, 0.25) is 5.91 Å². The molecule has 0 bridgehead atoms. The Bertz CT molecular complexity index is 323. The fourth-order valence-corrected chi connectivity index (χ4v) is 1.17. The number of nitrogens with one attached hydrogen (secondary N) is 2. The summed E-state index contributed by atoms with van der Waals surface area (Å²) in [6.07, 6.45) is 0.157. The van der Waals surface area contributed by atoms with E-state index in [1.807, 2.05) is 20.8 Å². The number of aliphatic carboxylic acids is 1. The molecule has 7 heteroatoms. The third-order valence-electron chi connectivity index (χ3n) is 1.86. The van der Waals surface area contributed by atoms with Gasteiger partial charge >= 0.3 is 12.0 Å². The maximum atomic E-state index is 11.4. The van der Waals surface area contributed by atoms with Gasteiger partial charge in [0, 0.05) is 25.6 Å². The van der Waals surface area contributed by atoms with Crippen LogP contribution in [0.25, 0.3) is 0 Å². The van der Waals surface area contributed by atoms with Crippen molar-refractivity contribution in [1.82, 2.24) is 15.5 Å². The molecule has 3 N–H and O–H groups in total. The van der Waals surface area contributed by atoms with Crippen molar-refractivity contribution in [3.8, 4) is 0 Å². The molecular formula is C11H21N3O4. The second kappa shape index (κ2) is 6.83. The molecule has 0 aliphatic carbocycles. The van der Waals surface area contributed by atoms with Gasteiger partial charge in [0.25, 0.3) is 0 Å². The van der Waals surface area contributed by atoms with Crippen LogP contribution >= 0.6 is 0 Å². The quantitative estimate of drug-likeness (QED) is 0.648. The monoisotopic (exact) mass is 259 g/mol. The normalized spacial score (nSPS) is 10.7. The molecule has 0 unspecified atom stereocenters. The first-order chi connectivity index (χ1) is 8.11. The lowest BCUT2D eigenvalue weighted by Crippen LogP contribution is -2.44. The number of nitrogens with zero attached hydrogens (tertiary/aromatic N) is 1. The molecule has 0 aromatic heterocycles. The fraction of sp³-hybridized carbons (Fsp3) is 0.727. The number of likely N-dealkylation sites (N-methyl/N-ethyl adjacent to an activating group) is 1. The molecule has 0 atom stereocenters. The van der Waals surface area contributed by atoms with Crippen LogP contribution in [-0.2, 0) is 9.59 Å². The molecule has 0 radical (unpaired) electrons. The highest BCUT2D eigenvalue weighted by Crippen LogP contribution is 1.98. The van der Waals surface area contributed by atoms with Gasteiger partial charge in [0.05, 0.1) is 0 Å². The minimum absolute atomic E-state index is 0.157. The van der Waals surface area contributed by atoms with Gasteiger partial charge < -0.3 is 20.6 Å². The molecule has 0 saturated heterocycles. The average molecular weight is 259 g/mol. The van der Waals surface area contributed by atoms with Crippen LogP contribution in [0.4, 0.5) is 4.79 Å². The summed E-state index contributed by atoms with van der Waals surface area (Å²) in [4.78, 5) is 34.2. The van der Waals surface area contributed by atoms with Crippen LogP contribution in [0.2, 0.25) is 0 Å². The number of hydrogen-bond donors (Lipinski definition) is 3. The number of carboxylic acids is 1. The number of hydrogen-bond acceptors (Lipinski definition) is 3. The van der Waals surface area contributed by atoms with Gasteiger partial charge in [0.1, 0.15) is 6.54 Å². The summed E-state index contributed by atoms with van der Waals surface area (Å²) in [5, 5.41) is 13.7. The number of carbonyl (C=O) groups is 3. The smallest absolute Gasteiger partial charge is 0.323 e. The topological polar surface area (TPSA) is 98.7 Å². The number of carbonyl (C=O) groups excluding carboxylic acids is 2. The van der Waals surface area contributed by atoms with Crippen molar-refractivity contribution < 1.29 is 19.5 Å². The Morgan fingerprint density at radius 2 is 1.78 bits per heavy atom. The molecule has 0 aliphatic rings. The predicted molar refractivity (Wildman–Crippen MR) is 66.2 cm³/mol. The maximum Gasteiger partial charge on any atom is 0.323 e. The largest absolute Gasteiger partial charge is 0.480 e. The van der Waals surface area contributed by atoms with E-state index in [0.29, 0.717) is 0 Å². The molecule has 7 nitrogen and oxygen atoms in total. The van der Waals surface area contributed by atoms with Crippen molar-refractivity contribution in [1.29, 1.82) is 0 Å². The SMILES string of the molecule is CN(CC(=O)O)C(=O)NCCC(=O)NC(C)(C)C. The Morgan fingerprint density at radius 1 is 1.22 bits per heavy atom. The van der Waals surface area contributed by atoms with Crippen LogP contribution in [0.3, 0.4) is 0 Å². The molecule has 0 saturated carbocycles. The van der Waals surface area contributed by atoms with Crippen LogP contribution in [-0.4, -0.2) is 53.6 Å². The van der Waals surface area contributed by atoms with Gasteiger partial charge in [0.15, 0.2) is 0 Å². The lowest BCUT2D eigenvalue weighted by Gasteiger charge is -2.21. The Labute approximate surface area is 107 Å². The molecule has 0 heterocycles. The molecule has 18 heavy (non-hydrogen) atoms. The maximum absolute atomic E-state index is 11.4. The van der Waals surface area contributed by atoms with Gasteiger partial charge in [-0.15, -0.1) is 0 Å². The zero-order chi connectivity index (χ0) is 14.3. The molecule has 0 fully saturated rings. The van der Waals surface area contributed by atoms with Gasteiger partial charge in [-0.25, -0.2) is 4.79 Å². The molecule has 0 spiro atoms. The number of amides is 3. The predicted octanol–water partition coefficient (Wildman–Crippen LogP) is 0.0172. The first-order valence-electron chi connectivity index (χ1n) is 5.63. The minimum Gasteiger partial charge on any atom is -0.480 e. The lowest BCUT2D eigenvalue weighted by molar-refractivity contribution is -0.137. The van der Waals surface area contributed by atoms with E-state index >= 15 is 0 Å². The van der Waals surface area contributed by atoms with Gasteiger partial charge in [-0.2, -0.15) is 0 Å². The van der Waals surface area contributed by atoms with Crippen molar-refractivity contribution in [2.75, 3.05) is 20.1 Å². The summed E-state index contributed by atoms with van der Waals surface area (Å²) in [7, 11) is 1.37. The molecular weight excluding hydrogens is 238 g/mol. The second-order valence-electron chi connectivity index (χ2n) is 5.03. The fourth-order valence-electron chi connectivity index (χ4n) is 1.17. The summed E-state index contributed by atoms with van der Waals surface area (Å²) >= 11 is 0. The van der Waals surface area contributed by atoms with E-state index in [-0.39, 0.29) is 31.0 Å². The highest BCUT2D eigenvalue weighted by Gasteiger charge is 2.15. The van der Waals surface area contributed by atoms with Crippen LogP contribution in [0, 0.1) is 0 Å². The van der Waals surface area contributed by atoms with Crippen LogP contribution in [0.15, 0.2) is 0 Å². The van der Waals surface area contributed by atoms with E-state index in [9.17, 15) is 14.4 Å². The van der Waals surface area contributed by atoms with E-state index in [1.54, 1.807) is 0 Å². The number of urea groups is 1. The third kappa shape index (κ3) is 8.37.